The van der Waals surface area contributed by atoms with E-state index in [1.807, 2.05) is 25.1 Å². The van der Waals surface area contributed by atoms with Crippen molar-refractivity contribution in [3.63, 3.8) is 0 Å². The molecule has 0 aliphatic carbocycles. The Morgan fingerprint density at radius 3 is 2.71 bits per heavy atom. The fraction of sp³-hybridized carbons (Fsp3) is 0.600. The highest BCUT2D eigenvalue weighted by Crippen LogP contribution is 2.14. The molecule has 0 spiro atoms. The minimum absolute atomic E-state index is 0. The molecular formula is C15H24F3IN4O. The van der Waals surface area contributed by atoms with Crippen LogP contribution in [0.4, 0.5) is 13.2 Å². The fourth-order valence-corrected chi connectivity index (χ4v) is 1.74. The third-order valence-electron chi connectivity index (χ3n) is 2.73. The van der Waals surface area contributed by atoms with Gasteiger partial charge in [0.2, 0.25) is 0 Å². The quantitative estimate of drug-likeness (QED) is 0.258. The molecule has 0 atom stereocenters. The molecule has 1 aromatic heterocycles. The second-order valence-corrected chi connectivity index (χ2v) is 4.78. The highest BCUT2D eigenvalue weighted by atomic mass is 127. The highest BCUT2D eigenvalue weighted by Gasteiger charge is 2.27. The summed E-state index contributed by atoms with van der Waals surface area (Å²) in [6.07, 6.45) is -1.33. The molecule has 138 valence electrons. The Bertz CT molecular complexity index is 458. The molecule has 0 aliphatic heterocycles. The zero-order chi connectivity index (χ0) is 17.0. The van der Waals surface area contributed by atoms with Gasteiger partial charge >= 0.3 is 6.18 Å². The van der Waals surface area contributed by atoms with E-state index in [2.05, 4.69) is 25.3 Å². The Balaban J connectivity index is 0.00000529. The molecule has 0 fully saturated rings. The molecule has 5 nitrogen and oxygen atoms in total. The summed E-state index contributed by atoms with van der Waals surface area (Å²) in [4.78, 5) is 8.52. The monoisotopic (exact) mass is 460 g/mol. The molecule has 0 radical (unpaired) electrons. The largest absolute Gasteiger partial charge is 0.411 e. The van der Waals surface area contributed by atoms with Crippen LogP contribution in [0.3, 0.4) is 0 Å². The van der Waals surface area contributed by atoms with Gasteiger partial charge in [-0.2, -0.15) is 13.2 Å². The van der Waals surface area contributed by atoms with Crippen LogP contribution >= 0.6 is 24.0 Å². The van der Waals surface area contributed by atoms with Crippen molar-refractivity contribution in [1.29, 1.82) is 0 Å². The normalized spacial score (nSPS) is 11.8. The highest BCUT2D eigenvalue weighted by molar-refractivity contribution is 14.0. The van der Waals surface area contributed by atoms with Gasteiger partial charge in [0.25, 0.3) is 0 Å². The molecule has 0 amide bonds. The second-order valence-electron chi connectivity index (χ2n) is 4.78. The third-order valence-corrected chi connectivity index (χ3v) is 2.73. The Morgan fingerprint density at radius 1 is 1.29 bits per heavy atom. The molecule has 0 aliphatic rings. The summed E-state index contributed by atoms with van der Waals surface area (Å²) >= 11 is 0. The first kappa shape index (κ1) is 22.9. The van der Waals surface area contributed by atoms with E-state index >= 15 is 0 Å². The van der Waals surface area contributed by atoms with E-state index in [9.17, 15) is 13.2 Å². The minimum Gasteiger partial charge on any atom is -0.372 e. The molecule has 0 saturated heterocycles. The Hall–Kier alpha value is -1.10. The molecule has 1 aromatic rings. The lowest BCUT2D eigenvalue weighted by molar-refractivity contribution is -0.173. The van der Waals surface area contributed by atoms with Crippen molar-refractivity contribution in [3.05, 3.63) is 30.1 Å². The van der Waals surface area contributed by atoms with Gasteiger partial charge in [-0.15, -0.1) is 24.0 Å². The number of pyridine rings is 1. The smallest absolute Gasteiger partial charge is 0.372 e. The summed E-state index contributed by atoms with van der Waals surface area (Å²) in [5.74, 6) is 0.638. The summed E-state index contributed by atoms with van der Waals surface area (Å²) < 4.78 is 40.2. The van der Waals surface area contributed by atoms with E-state index in [0.29, 0.717) is 32.0 Å². The molecule has 0 aromatic carbocycles. The van der Waals surface area contributed by atoms with Crippen molar-refractivity contribution in [2.24, 2.45) is 4.99 Å². The maximum absolute atomic E-state index is 11.9. The van der Waals surface area contributed by atoms with E-state index in [-0.39, 0.29) is 30.6 Å². The van der Waals surface area contributed by atoms with Crippen molar-refractivity contribution >= 4 is 29.9 Å². The van der Waals surface area contributed by atoms with Crippen molar-refractivity contribution in [1.82, 2.24) is 15.6 Å². The first-order valence-corrected chi connectivity index (χ1v) is 7.58. The van der Waals surface area contributed by atoms with E-state index in [0.717, 1.165) is 12.1 Å². The number of aromatic nitrogens is 1. The molecule has 0 bridgehead atoms. The van der Waals surface area contributed by atoms with Crippen LogP contribution in [0.15, 0.2) is 29.4 Å². The molecule has 0 unspecified atom stereocenters. The molecule has 1 rings (SSSR count). The van der Waals surface area contributed by atoms with Crippen LogP contribution in [-0.4, -0.2) is 50.0 Å². The lowest BCUT2D eigenvalue weighted by Crippen LogP contribution is -2.38. The van der Waals surface area contributed by atoms with E-state index in [4.69, 9.17) is 0 Å². The molecule has 9 heteroatoms. The summed E-state index contributed by atoms with van der Waals surface area (Å²) in [6.45, 7) is 2.56. The van der Waals surface area contributed by atoms with Gasteiger partial charge in [-0.25, -0.2) is 0 Å². The lowest BCUT2D eigenvalue weighted by Gasteiger charge is -2.11. The summed E-state index contributed by atoms with van der Waals surface area (Å²) in [5, 5.41) is 6.24. The Kier molecular flexibility index (Phi) is 12.6. The van der Waals surface area contributed by atoms with E-state index in [1.165, 1.54) is 0 Å². The number of hydrogen-bond donors (Lipinski definition) is 2. The van der Waals surface area contributed by atoms with Crippen LogP contribution in [0.2, 0.25) is 0 Å². The average Bonchev–Trinajstić information content (AvgIpc) is 2.50. The summed E-state index contributed by atoms with van der Waals surface area (Å²) in [7, 11) is 0. The van der Waals surface area contributed by atoms with Crippen LogP contribution in [0, 0.1) is 0 Å². The number of ether oxygens (including phenoxy) is 1. The molecule has 2 N–H and O–H groups in total. The Morgan fingerprint density at radius 2 is 2.08 bits per heavy atom. The zero-order valence-electron chi connectivity index (χ0n) is 13.6. The zero-order valence-corrected chi connectivity index (χ0v) is 15.9. The predicted molar refractivity (Wildman–Crippen MR) is 98.8 cm³/mol. The van der Waals surface area contributed by atoms with Gasteiger partial charge in [0.05, 0.1) is 0 Å². The summed E-state index contributed by atoms with van der Waals surface area (Å²) in [5.41, 5.74) is 0.983. The van der Waals surface area contributed by atoms with Crippen LogP contribution in [-0.2, 0) is 11.2 Å². The summed E-state index contributed by atoms with van der Waals surface area (Å²) in [6, 6.07) is 5.75. The molecular weight excluding hydrogens is 436 g/mol. The number of alkyl halides is 3. The van der Waals surface area contributed by atoms with Crippen molar-refractivity contribution in [3.8, 4) is 0 Å². The topological polar surface area (TPSA) is 58.5 Å². The van der Waals surface area contributed by atoms with Crippen LogP contribution < -0.4 is 10.6 Å². The maximum Gasteiger partial charge on any atom is 0.411 e. The van der Waals surface area contributed by atoms with Crippen LogP contribution in [0.1, 0.15) is 19.0 Å². The molecule has 1 heterocycles. The predicted octanol–water partition coefficient (Wildman–Crippen LogP) is 2.77. The van der Waals surface area contributed by atoms with Crippen LogP contribution in [0.25, 0.3) is 0 Å². The molecule has 0 saturated carbocycles. The third kappa shape index (κ3) is 12.3. The van der Waals surface area contributed by atoms with Gasteiger partial charge in [-0.1, -0.05) is 6.07 Å². The Labute approximate surface area is 157 Å². The number of rotatable bonds is 9. The second kappa shape index (κ2) is 13.2. The fourth-order valence-electron chi connectivity index (χ4n) is 1.74. The number of guanidine groups is 1. The number of nitrogens with one attached hydrogen (secondary N) is 2. The standard InChI is InChI=1S/C15H23F3N4O.HI/c1-2-19-14(21-9-5-11-23-12-15(16,17)18)22-10-7-13-6-3-4-8-20-13;/h3-4,6,8H,2,5,7,9-12H2,1H3,(H2,19,21,22);1H. The number of aliphatic imine (C=N–C) groups is 1. The number of hydrogen-bond acceptors (Lipinski definition) is 3. The average molecular weight is 460 g/mol. The van der Waals surface area contributed by atoms with Gasteiger partial charge in [0.1, 0.15) is 6.61 Å². The van der Waals surface area contributed by atoms with E-state index < -0.39 is 12.8 Å². The van der Waals surface area contributed by atoms with Crippen molar-refractivity contribution in [2.75, 3.05) is 32.8 Å². The van der Waals surface area contributed by atoms with E-state index in [1.54, 1.807) is 6.20 Å². The van der Waals surface area contributed by atoms with Gasteiger partial charge < -0.3 is 15.4 Å². The first-order valence-electron chi connectivity index (χ1n) is 7.58. The number of nitrogens with zero attached hydrogens (tertiary/aromatic N) is 2. The molecule has 24 heavy (non-hydrogen) atoms. The van der Waals surface area contributed by atoms with Crippen LogP contribution in [0.5, 0.6) is 0 Å². The van der Waals surface area contributed by atoms with Gasteiger partial charge in [0, 0.05) is 44.6 Å². The first-order chi connectivity index (χ1) is 11.0. The number of halogens is 4. The minimum atomic E-state index is -4.27. The maximum atomic E-state index is 11.9. The van der Waals surface area contributed by atoms with Crippen molar-refractivity contribution < 1.29 is 17.9 Å². The van der Waals surface area contributed by atoms with Gasteiger partial charge in [-0.05, 0) is 25.5 Å². The SMILES string of the molecule is CCNC(=NCCCOCC(F)(F)F)NCCc1ccccn1.I. The lowest BCUT2D eigenvalue weighted by atomic mass is 10.3. The van der Waals surface area contributed by atoms with Gasteiger partial charge in [-0.3, -0.25) is 9.98 Å². The van der Waals surface area contributed by atoms with Gasteiger partial charge in [0.15, 0.2) is 5.96 Å². The van der Waals surface area contributed by atoms with Crippen molar-refractivity contribution in [2.45, 2.75) is 25.9 Å².